The first-order chi connectivity index (χ1) is 9.55. The standard InChI is InChI=1S/C14H21ClN4S/c1-5-11-14(15)12(19(4)18-11)6-10(16-3)7-13-17-9(2)8-20-13/h8,10,16H,5-7H2,1-4H3. The van der Waals surface area contributed by atoms with E-state index in [-0.39, 0.29) is 0 Å². The molecule has 0 saturated carbocycles. The molecule has 1 N–H and O–H groups in total. The number of nitrogens with zero attached hydrogens (tertiary/aromatic N) is 3. The Morgan fingerprint density at radius 1 is 1.45 bits per heavy atom. The van der Waals surface area contributed by atoms with Crippen LogP contribution in [0, 0.1) is 6.92 Å². The van der Waals surface area contributed by atoms with Crippen LogP contribution in [0.1, 0.15) is 29.0 Å². The number of nitrogens with one attached hydrogen (secondary N) is 1. The van der Waals surface area contributed by atoms with Gasteiger partial charge in [0.1, 0.15) is 0 Å². The molecule has 0 aliphatic carbocycles. The number of hydrogen-bond donors (Lipinski definition) is 1. The van der Waals surface area contributed by atoms with Gasteiger partial charge in [-0.25, -0.2) is 4.98 Å². The molecule has 110 valence electrons. The van der Waals surface area contributed by atoms with E-state index in [9.17, 15) is 0 Å². The Labute approximate surface area is 129 Å². The maximum Gasteiger partial charge on any atom is 0.0943 e. The summed E-state index contributed by atoms with van der Waals surface area (Å²) < 4.78 is 1.90. The van der Waals surface area contributed by atoms with Crippen LogP contribution in [0.15, 0.2) is 5.38 Å². The molecule has 1 atom stereocenters. The van der Waals surface area contributed by atoms with Gasteiger partial charge in [0.15, 0.2) is 0 Å². The van der Waals surface area contributed by atoms with Crippen molar-refractivity contribution in [2.45, 2.75) is 39.2 Å². The number of rotatable bonds is 6. The van der Waals surface area contributed by atoms with Crippen LogP contribution >= 0.6 is 22.9 Å². The van der Waals surface area contributed by atoms with Gasteiger partial charge in [-0.05, 0) is 20.4 Å². The van der Waals surface area contributed by atoms with Crippen molar-refractivity contribution in [3.8, 4) is 0 Å². The fourth-order valence-corrected chi connectivity index (χ4v) is 3.48. The summed E-state index contributed by atoms with van der Waals surface area (Å²) in [5.41, 5.74) is 3.16. The predicted molar refractivity (Wildman–Crippen MR) is 84.7 cm³/mol. The van der Waals surface area contributed by atoms with Crippen LogP contribution in [0.25, 0.3) is 0 Å². The first kappa shape index (κ1) is 15.5. The van der Waals surface area contributed by atoms with Gasteiger partial charge in [-0.15, -0.1) is 11.3 Å². The number of halogens is 1. The first-order valence-corrected chi connectivity index (χ1v) is 8.09. The highest BCUT2D eigenvalue weighted by atomic mass is 35.5. The molecule has 0 bridgehead atoms. The van der Waals surface area contributed by atoms with Gasteiger partial charge >= 0.3 is 0 Å². The third-order valence-corrected chi connectivity index (χ3v) is 4.86. The van der Waals surface area contributed by atoms with E-state index in [2.05, 4.69) is 27.7 Å². The van der Waals surface area contributed by atoms with Crippen molar-refractivity contribution >= 4 is 22.9 Å². The molecule has 2 aromatic rings. The van der Waals surface area contributed by atoms with Crippen molar-refractivity contribution in [3.63, 3.8) is 0 Å². The van der Waals surface area contributed by atoms with Crippen LogP contribution in [0.5, 0.6) is 0 Å². The molecule has 1 unspecified atom stereocenters. The molecule has 0 aliphatic heterocycles. The van der Waals surface area contributed by atoms with Crippen LogP contribution in [0.4, 0.5) is 0 Å². The fraction of sp³-hybridized carbons (Fsp3) is 0.571. The maximum atomic E-state index is 6.41. The van der Waals surface area contributed by atoms with Gasteiger partial charge in [-0.1, -0.05) is 18.5 Å². The summed E-state index contributed by atoms with van der Waals surface area (Å²) in [6.45, 7) is 4.10. The highest BCUT2D eigenvalue weighted by Gasteiger charge is 2.18. The molecule has 0 aromatic carbocycles. The minimum atomic E-state index is 0.318. The van der Waals surface area contributed by atoms with E-state index in [1.165, 1.54) is 0 Å². The van der Waals surface area contributed by atoms with Gasteiger partial charge in [-0.2, -0.15) is 5.10 Å². The van der Waals surface area contributed by atoms with E-state index >= 15 is 0 Å². The molecule has 2 rings (SSSR count). The summed E-state index contributed by atoms with van der Waals surface area (Å²) in [6.07, 6.45) is 2.64. The van der Waals surface area contributed by atoms with Crippen molar-refractivity contribution in [2.75, 3.05) is 7.05 Å². The lowest BCUT2D eigenvalue weighted by atomic mass is 10.1. The van der Waals surface area contributed by atoms with Crippen LogP contribution in [0.2, 0.25) is 5.02 Å². The largest absolute Gasteiger partial charge is 0.316 e. The van der Waals surface area contributed by atoms with Gasteiger partial charge in [0, 0.05) is 37.0 Å². The normalized spacial score (nSPS) is 12.8. The summed E-state index contributed by atoms with van der Waals surface area (Å²) >= 11 is 8.13. The second kappa shape index (κ2) is 6.70. The van der Waals surface area contributed by atoms with Crippen LogP contribution in [-0.4, -0.2) is 27.9 Å². The monoisotopic (exact) mass is 312 g/mol. The summed E-state index contributed by atoms with van der Waals surface area (Å²) in [7, 11) is 3.94. The number of likely N-dealkylation sites (N-methyl/N-ethyl adjacent to an activating group) is 1. The molecule has 0 radical (unpaired) electrons. The molecule has 0 fully saturated rings. The average Bonchev–Trinajstić information content (AvgIpc) is 2.95. The van der Waals surface area contributed by atoms with Gasteiger partial charge < -0.3 is 5.32 Å². The predicted octanol–water partition coefficient (Wildman–Crippen LogP) is 2.77. The second-order valence-electron chi connectivity index (χ2n) is 4.96. The Kier molecular flexibility index (Phi) is 5.18. The van der Waals surface area contributed by atoms with E-state index < -0.39 is 0 Å². The number of thiazole rings is 1. The third-order valence-electron chi connectivity index (χ3n) is 3.44. The van der Waals surface area contributed by atoms with E-state index in [0.717, 1.165) is 46.4 Å². The van der Waals surface area contributed by atoms with Gasteiger partial charge in [0.25, 0.3) is 0 Å². The van der Waals surface area contributed by atoms with Crippen molar-refractivity contribution in [1.82, 2.24) is 20.1 Å². The summed E-state index contributed by atoms with van der Waals surface area (Å²) in [5, 5.41) is 11.9. The Balaban J connectivity index is 2.12. The molecule has 0 amide bonds. The quantitative estimate of drug-likeness (QED) is 0.892. The lowest BCUT2D eigenvalue weighted by molar-refractivity contribution is 0.532. The van der Waals surface area contributed by atoms with E-state index in [4.69, 9.17) is 11.6 Å². The minimum absolute atomic E-state index is 0.318. The summed E-state index contributed by atoms with van der Waals surface area (Å²) in [4.78, 5) is 4.53. The fourth-order valence-electron chi connectivity index (χ4n) is 2.26. The molecular weight excluding hydrogens is 292 g/mol. The molecule has 0 aliphatic rings. The smallest absolute Gasteiger partial charge is 0.0943 e. The van der Waals surface area contributed by atoms with E-state index in [0.29, 0.717) is 6.04 Å². The molecule has 0 saturated heterocycles. The Morgan fingerprint density at radius 3 is 2.70 bits per heavy atom. The molecule has 20 heavy (non-hydrogen) atoms. The zero-order chi connectivity index (χ0) is 14.7. The highest BCUT2D eigenvalue weighted by molar-refractivity contribution is 7.09. The first-order valence-electron chi connectivity index (χ1n) is 6.83. The SMILES string of the molecule is CCc1nn(C)c(CC(Cc2nc(C)cs2)NC)c1Cl. The van der Waals surface area contributed by atoms with Crippen LogP contribution < -0.4 is 5.32 Å². The topological polar surface area (TPSA) is 42.7 Å². The zero-order valence-corrected chi connectivity index (χ0v) is 14.0. The summed E-state index contributed by atoms with van der Waals surface area (Å²) in [6, 6.07) is 0.318. The zero-order valence-electron chi connectivity index (χ0n) is 12.4. The molecule has 6 heteroatoms. The lowest BCUT2D eigenvalue weighted by Gasteiger charge is -2.15. The van der Waals surface area contributed by atoms with Crippen LogP contribution in [-0.2, 0) is 26.3 Å². The lowest BCUT2D eigenvalue weighted by Crippen LogP contribution is -2.30. The van der Waals surface area contributed by atoms with Crippen molar-refractivity contribution in [1.29, 1.82) is 0 Å². The summed E-state index contributed by atoms with van der Waals surface area (Å²) in [5.74, 6) is 0. The Bertz CT molecular complexity index is 576. The average molecular weight is 313 g/mol. The molecule has 4 nitrogen and oxygen atoms in total. The van der Waals surface area contributed by atoms with Crippen molar-refractivity contribution in [2.24, 2.45) is 7.05 Å². The minimum Gasteiger partial charge on any atom is -0.316 e. The molecule has 0 spiro atoms. The number of aromatic nitrogens is 3. The van der Waals surface area contributed by atoms with E-state index in [1.54, 1.807) is 11.3 Å². The van der Waals surface area contributed by atoms with Crippen LogP contribution in [0.3, 0.4) is 0 Å². The van der Waals surface area contributed by atoms with Gasteiger partial charge in [0.2, 0.25) is 0 Å². The third kappa shape index (κ3) is 3.40. The van der Waals surface area contributed by atoms with Crippen molar-refractivity contribution < 1.29 is 0 Å². The highest BCUT2D eigenvalue weighted by Crippen LogP contribution is 2.23. The molecular formula is C14H21ClN4S. The Morgan fingerprint density at radius 2 is 2.20 bits per heavy atom. The van der Waals surface area contributed by atoms with Gasteiger partial charge in [-0.3, -0.25) is 4.68 Å². The molecule has 2 heterocycles. The molecule has 2 aromatic heterocycles. The maximum absolute atomic E-state index is 6.41. The second-order valence-corrected chi connectivity index (χ2v) is 6.28. The number of aryl methyl sites for hydroxylation is 3. The Hall–Kier alpha value is -0.910. The number of hydrogen-bond acceptors (Lipinski definition) is 4. The van der Waals surface area contributed by atoms with Crippen molar-refractivity contribution in [3.05, 3.63) is 32.5 Å². The van der Waals surface area contributed by atoms with Gasteiger partial charge in [0.05, 0.1) is 21.4 Å². The van der Waals surface area contributed by atoms with E-state index in [1.807, 2.05) is 25.7 Å².